The van der Waals surface area contributed by atoms with Crippen LogP contribution in [0.5, 0.6) is 5.88 Å². The number of aromatic amines is 1. The molecule has 2 N–H and O–H groups in total. The van der Waals surface area contributed by atoms with Gasteiger partial charge in [-0.1, -0.05) is 11.6 Å². The van der Waals surface area contributed by atoms with Crippen LogP contribution in [0.3, 0.4) is 0 Å². The number of aryl methyl sites for hydroxylation is 1. The van der Waals surface area contributed by atoms with Crippen LogP contribution in [0.15, 0.2) is 46.6 Å². The number of H-pyrrole nitrogens is 1. The Morgan fingerprint density at radius 3 is 2.50 bits per heavy atom. The van der Waals surface area contributed by atoms with Crippen LogP contribution in [0.1, 0.15) is 11.1 Å². The Bertz CT molecular complexity index is 948. The first-order valence-electron chi connectivity index (χ1n) is 6.85. The predicted molar refractivity (Wildman–Crippen MR) is 85.3 cm³/mol. The summed E-state index contributed by atoms with van der Waals surface area (Å²) in [4.78, 5) is 2.58. The van der Waals surface area contributed by atoms with Crippen LogP contribution >= 0.6 is 11.6 Å². The highest BCUT2D eigenvalue weighted by Gasteiger charge is 2.31. The monoisotopic (exact) mass is 353 g/mol. The van der Waals surface area contributed by atoms with Gasteiger partial charge < -0.3 is 10.1 Å². The standard InChI is InChI=1S/C16H11ClF3N3O/c1-8-6-10(17)3-5-12(8)22-23-14-11-7-9(16(18,19)20)2-4-13(11)21-15(14)24/h2-7,21,24H,1H3. The van der Waals surface area contributed by atoms with Gasteiger partial charge in [0.1, 0.15) is 0 Å². The van der Waals surface area contributed by atoms with Gasteiger partial charge >= 0.3 is 6.18 Å². The van der Waals surface area contributed by atoms with E-state index in [1.54, 1.807) is 25.1 Å². The molecule has 0 amide bonds. The summed E-state index contributed by atoms with van der Waals surface area (Å²) in [5, 5.41) is 18.5. The van der Waals surface area contributed by atoms with E-state index in [-0.39, 0.29) is 17.0 Å². The molecule has 0 saturated carbocycles. The SMILES string of the molecule is Cc1cc(Cl)ccc1N=Nc1c(O)[nH]c2ccc(C(F)(F)F)cc12. The summed E-state index contributed by atoms with van der Waals surface area (Å²) in [5.41, 5.74) is 0.711. The number of rotatable bonds is 2. The van der Waals surface area contributed by atoms with Crippen molar-refractivity contribution in [2.24, 2.45) is 10.2 Å². The third kappa shape index (κ3) is 3.07. The summed E-state index contributed by atoms with van der Waals surface area (Å²) < 4.78 is 38.6. The fourth-order valence-corrected chi connectivity index (χ4v) is 2.50. The largest absolute Gasteiger partial charge is 0.493 e. The maximum atomic E-state index is 12.9. The Morgan fingerprint density at radius 1 is 1.08 bits per heavy atom. The van der Waals surface area contributed by atoms with Gasteiger partial charge in [0.2, 0.25) is 5.88 Å². The van der Waals surface area contributed by atoms with Gasteiger partial charge in [0.15, 0.2) is 5.69 Å². The molecule has 3 aromatic rings. The zero-order valence-electron chi connectivity index (χ0n) is 12.3. The molecule has 0 bridgehead atoms. The lowest BCUT2D eigenvalue weighted by atomic mass is 10.1. The summed E-state index contributed by atoms with van der Waals surface area (Å²) in [7, 11) is 0. The van der Waals surface area contributed by atoms with Gasteiger partial charge in [-0.2, -0.15) is 18.3 Å². The molecular formula is C16H11ClF3N3O. The van der Waals surface area contributed by atoms with Crippen LogP contribution in [-0.2, 0) is 6.18 Å². The topological polar surface area (TPSA) is 60.7 Å². The Kier molecular flexibility index (Phi) is 3.96. The molecule has 0 fully saturated rings. The Labute approximate surface area is 139 Å². The van der Waals surface area contributed by atoms with Crippen molar-refractivity contribution in [3.63, 3.8) is 0 Å². The molecule has 4 nitrogen and oxygen atoms in total. The Hall–Kier alpha value is -2.54. The summed E-state index contributed by atoms with van der Waals surface area (Å²) >= 11 is 5.86. The number of hydrogen-bond donors (Lipinski definition) is 2. The molecule has 124 valence electrons. The van der Waals surface area contributed by atoms with Crippen molar-refractivity contribution in [1.29, 1.82) is 0 Å². The van der Waals surface area contributed by atoms with E-state index < -0.39 is 11.7 Å². The van der Waals surface area contributed by atoms with Gasteiger partial charge in [-0.3, -0.25) is 0 Å². The van der Waals surface area contributed by atoms with E-state index >= 15 is 0 Å². The molecule has 1 aromatic heterocycles. The minimum absolute atomic E-state index is 0.0505. The summed E-state index contributed by atoms with van der Waals surface area (Å²) in [6.07, 6.45) is -4.48. The smallest absolute Gasteiger partial charge is 0.416 e. The van der Waals surface area contributed by atoms with Crippen LogP contribution in [0.2, 0.25) is 5.02 Å². The summed E-state index contributed by atoms with van der Waals surface area (Å²) in [6.45, 7) is 1.77. The van der Waals surface area contributed by atoms with Gasteiger partial charge in [-0.05, 0) is 48.9 Å². The van der Waals surface area contributed by atoms with Crippen molar-refractivity contribution in [2.45, 2.75) is 13.1 Å². The molecule has 0 unspecified atom stereocenters. The molecule has 0 spiro atoms. The van der Waals surface area contributed by atoms with E-state index in [1.807, 2.05) is 0 Å². The Morgan fingerprint density at radius 2 is 1.83 bits per heavy atom. The van der Waals surface area contributed by atoms with Crippen molar-refractivity contribution < 1.29 is 18.3 Å². The fourth-order valence-electron chi connectivity index (χ4n) is 2.28. The number of fused-ring (bicyclic) bond motifs is 1. The van der Waals surface area contributed by atoms with Crippen LogP contribution in [0.4, 0.5) is 24.5 Å². The zero-order chi connectivity index (χ0) is 17.5. The number of alkyl halides is 3. The molecule has 0 atom stereocenters. The van der Waals surface area contributed by atoms with Crippen molar-refractivity contribution >= 4 is 33.9 Å². The molecule has 0 aliphatic rings. The number of nitrogens with zero attached hydrogens (tertiary/aromatic N) is 2. The molecule has 0 aliphatic carbocycles. The second kappa shape index (κ2) is 5.83. The van der Waals surface area contributed by atoms with Crippen LogP contribution in [0.25, 0.3) is 10.9 Å². The zero-order valence-corrected chi connectivity index (χ0v) is 13.1. The second-order valence-corrected chi connectivity index (χ2v) is 5.65. The molecule has 2 aromatic carbocycles. The number of nitrogens with one attached hydrogen (secondary N) is 1. The number of benzene rings is 2. The number of hydrogen-bond acceptors (Lipinski definition) is 3. The molecule has 0 radical (unpaired) electrons. The lowest BCUT2D eigenvalue weighted by Gasteiger charge is -2.05. The van der Waals surface area contributed by atoms with E-state index in [1.165, 1.54) is 6.07 Å². The van der Waals surface area contributed by atoms with Crippen LogP contribution in [0, 0.1) is 6.92 Å². The molecule has 1 heterocycles. The van der Waals surface area contributed by atoms with Crippen molar-refractivity contribution in [2.75, 3.05) is 0 Å². The van der Waals surface area contributed by atoms with Crippen molar-refractivity contribution in [3.8, 4) is 5.88 Å². The predicted octanol–water partition coefficient (Wildman–Crippen LogP) is 6.27. The molecule has 3 rings (SSSR count). The quantitative estimate of drug-likeness (QED) is 0.524. The highest BCUT2D eigenvalue weighted by atomic mass is 35.5. The van der Waals surface area contributed by atoms with E-state index in [4.69, 9.17) is 11.6 Å². The minimum Gasteiger partial charge on any atom is -0.493 e. The maximum absolute atomic E-state index is 12.9. The van der Waals surface area contributed by atoms with Gasteiger partial charge in [0, 0.05) is 10.4 Å². The number of azo groups is 1. The first-order chi connectivity index (χ1) is 11.3. The van der Waals surface area contributed by atoms with Crippen LogP contribution < -0.4 is 0 Å². The molecule has 24 heavy (non-hydrogen) atoms. The first-order valence-corrected chi connectivity index (χ1v) is 7.23. The minimum atomic E-state index is -4.48. The highest BCUT2D eigenvalue weighted by Crippen LogP contribution is 2.40. The van der Waals surface area contributed by atoms with E-state index in [9.17, 15) is 18.3 Å². The number of aromatic hydroxyl groups is 1. The van der Waals surface area contributed by atoms with Crippen molar-refractivity contribution in [3.05, 3.63) is 52.5 Å². The lowest BCUT2D eigenvalue weighted by molar-refractivity contribution is -0.137. The molecular weight excluding hydrogens is 343 g/mol. The first kappa shape index (κ1) is 16.3. The van der Waals surface area contributed by atoms with Gasteiger partial charge in [0.25, 0.3) is 0 Å². The summed E-state index contributed by atoms with van der Waals surface area (Å²) in [5.74, 6) is -0.348. The second-order valence-electron chi connectivity index (χ2n) is 5.21. The van der Waals surface area contributed by atoms with Gasteiger partial charge in [0.05, 0.1) is 16.8 Å². The number of halogens is 4. The average Bonchev–Trinajstić information content (AvgIpc) is 2.80. The van der Waals surface area contributed by atoms with E-state index in [0.717, 1.165) is 17.7 Å². The Balaban J connectivity index is 2.08. The fraction of sp³-hybridized carbons (Fsp3) is 0.125. The third-order valence-corrected chi connectivity index (χ3v) is 3.73. The average molecular weight is 354 g/mol. The number of aromatic nitrogens is 1. The van der Waals surface area contributed by atoms with E-state index in [2.05, 4.69) is 15.2 Å². The molecule has 0 aliphatic heterocycles. The third-order valence-electron chi connectivity index (χ3n) is 3.50. The highest BCUT2D eigenvalue weighted by molar-refractivity contribution is 6.30. The maximum Gasteiger partial charge on any atom is 0.416 e. The van der Waals surface area contributed by atoms with Crippen molar-refractivity contribution in [1.82, 2.24) is 4.98 Å². The van der Waals surface area contributed by atoms with Crippen LogP contribution in [-0.4, -0.2) is 10.1 Å². The normalized spacial score (nSPS) is 12.4. The van der Waals surface area contributed by atoms with E-state index in [0.29, 0.717) is 16.2 Å². The molecule has 0 saturated heterocycles. The molecule has 8 heteroatoms. The lowest BCUT2D eigenvalue weighted by Crippen LogP contribution is -2.03. The van der Waals surface area contributed by atoms with Gasteiger partial charge in [-0.25, -0.2) is 0 Å². The summed E-state index contributed by atoms with van der Waals surface area (Å²) in [6, 6.07) is 8.04. The van der Waals surface area contributed by atoms with Gasteiger partial charge in [-0.15, -0.1) is 5.11 Å².